The minimum Gasteiger partial charge on any atom is -0.203 e. The maximum Gasteiger partial charge on any atom is 0.166 e. The molecule has 0 amide bonds. The number of hydrogen-bond acceptors (Lipinski definition) is 0. The number of rotatable bonds is 14. The second-order valence-electron chi connectivity index (χ2n) is 7.46. The van der Waals surface area contributed by atoms with Gasteiger partial charge in [-0.1, -0.05) is 83.2 Å². The van der Waals surface area contributed by atoms with Gasteiger partial charge in [-0.3, -0.25) is 0 Å². The summed E-state index contributed by atoms with van der Waals surface area (Å²) in [6, 6.07) is 0. The molecule has 0 nitrogen and oxygen atoms in total. The molecular weight excluding hydrogens is 424 g/mol. The van der Waals surface area contributed by atoms with Gasteiger partial charge in [0.15, 0.2) is 23.3 Å². The van der Waals surface area contributed by atoms with Crippen LogP contribution in [0.4, 0.5) is 17.6 Å². The second kappa shape index (κ2) is 14.8. The van der Waals surface area contributed by atoms with Crippen molar-refractivity contribution in [1.82, 2.24) is 0 Å². The Morgan fingerprint density at radius 1 is 0.697 bits per heavy atom. The Kier molecular flexibility index (Phi) is 13.4. The highest BCUT2D eigenvalue weighted by molar-refractivity contribution is 5.55. The lowest BCUT2D eigenvalue weighted by Gasteiger charge is -2.09. The Morgan fingerprint density at radius 3 is 1.61 bits per heavy atom. The zero-order chi connectivity index (χ0) is 25.7. The van der Waals surface area contributed by atoms with Gasteiger partial charge in [0.05, 0.1) is 0 Å². The molecule has 178 valence electrons. The Hall–Kier alpha value is -3.14. The molecular formula is C29H34F4. The lowest BCUT2D eigenvalue weighted by atomic mass is 10.00. The molecule has 0 heterocycles. The van der Waals surface area contributed by atoms with Crippen LogP contribution in [0.25, 0.3) is 0 Å². The molecule has 0 bridgehead atoms. The fourth-order valence-electron chi connectivity index (χ4n) is 2.43. The minimum absolute atomic E-state index is 0.00695. The fourth-order valence-corrected chi connectivity index (χ4v) is 2.43. The van der Waals surface area contributed by atoms with Crippen molar-refractivity contribution < 1.29 is 17.6 Å². The van der Waals surface area contributed by atoms with E-state index < -0.39 is 23.3 Å². The van der Waals surface area contributed by atoms with Crippen molar-refractivity contribution in [2.75, 3.05) is 0 Å². The Balaban J connectivity index is 5.42. The molecule has 4 heteroatoms. The topological polar surface area (TPSA) is 0 Å². The largest absolute Gasteiger partial charge is 0.203 e. The van der Waals surface area contributed by atoms with Crippen LogP contribution in [0.3, 0.4) is 0 Å². The van der Waals surface area contributed by atoms with Gasteiger partial charge in [0.25, 0.3) is 0 Å². The average Bonchev–Trinajstić information content (AvgIpc) is 2.81. The summed E-state index contributed by atoms with van der Waals surface area (Å²) in [5, 5.41) is 0. The monoisotopic (exact) mass is 458 g/mol. The molecule has 0 saturated heterocycles. The molecule has 0 fully saturated rings. The van der Waals surface area contributed by atoms with E-state index in [1.807, 2.05) is 26.0 Å². The van der Waals surface area contributed by atoms with Crippen molar-refractivity contribution in [3.05, 3.63) is 132 Å². The molecule has 0 aliphatic rings. The third kappa shape index (κ3) is 9.48. The molecule has 0 unspecified atom stereocenters. The summed E-state index contributed by atoms with van der Waals surface area (Å²) in [4.78, 5) is 0. The van der Waals surface area contributed by atoms with Crippen LogP contribution in [0.5, 0.6) is 0 Å². The van der Waals surface area contributed by atoms with Crippen molar-refractivity contribution in [3.63, 3.8) is 0 Å². The number of allylic oxidation sites excluding steroid dienone is 16. The first-order valence-corrected chi connectivity index (χ1v) is 10.6. The van der Waals surface area contributed by atoms with E-state index in [1.54, 1.807) is 13.0 Å². The molecule has 0 spiro atoms. The SMILES string of the molecule is C=C(/C=C\C(=C)C(=C)/C(F)=C(/F)C(=C)/C(C)=C/CCC)C(=C)/C(F)=C(/F)C(=C)CC/C=C/C. The summed E-state index contributed by atoms with van der Waals surface area (Å²) in [7, 11) is 0. The first kappa shape index (κ1) is 29.9. The minimum atomic E-state index is -1.20. The van der Waals surface area contributed by atoms with E-state index in [0.717, 1.165) is 12.8 Å². The van der Waals surface area contributed by atoms with Crippen LogP contribution in [-0.4, -0.2) is 0 Å². The zero-order valence-electron chi connectivity index (χ0n) is 20.0. The van der Waals surface area contributed by atoms with Crippen LogP contribution >= 0.6 is 0 Å². The van der Waals surface area contributed by atoms with Crippen LogP contribution in [-0.2, 0) is 0 Å². The van der Waals surface area contributed by atoms with Crippen molar-refractivity contribution in [2.24, 2.45) is 0 Å². The highest BCUT2D eigenvalue weighted by atomic mass is 19.2. The number of hydrogen-bond donors (Lipinski definition) is 0. The van der Waals surface area contributed by atoms with Gasteiger partial charge in [-0.15, -0.1) is 0 Å². The average molecular weight is 459 g/mol. The molecule has 0 saturated carbocycles. The third-order valence-electron chi connectivity index (χ3n) is 4.82. The molecule has 0 N–H and O–H groups in total. The van der Waals surface area contributed by atoms with Gasteiger partial charge < -0.3 is 0 Å². The molecule has 0 atom stereocenters. The van der Waals surface area contributed by atoms with Crippen LogP contribution < -0.4 is 0 Å². The summed E-state index contributed by atoms with van der Waals surface area (Å²) >= 11 is 0. The Morgan fingerprint density at radius 2 is 1.15 bits per heavy atom. The predicted octanol–water partition coefficient (Wildman–Crippen LogP) is 10.3. The lowest BCUT2D eigenvalue weighted by Crippen LogP contribution is -1.94. The van der Waals surface area contributed by atoms with Gasteiger partial charge in [-0.05, 0) is 55.4 Å². The maximum atomic E-state index is 14.6. The first-order valence-electron chi connectivity index (χ1n) is 10.6. The summed E-state index contributed by atoms with van der Waals surface area (Å²) in [5.74, 6) is -4.60. The van der Waals surface area contributed by atoms with Gasteiger partial charge in [0, 0.05) is 16.7 Å². The van der Waals surface area contributed by atoms with Crippen molar-refractivity contribution in [3.8, 4) is 0 Å². The van der Waals surface area contributed by atoms with Crippen LogP contribution in [0.15, 0.2) is 132 Å². The zero-order valence-corrected chi connectivity index (χ0v) is 20.0. The Labute approximate surface area is 196 Å². The predicted molar refractivity (Wildman–Crippen MR) is 135 cm³/mol. The fraction of sp³-hybridized carbons (Fsp3) is 0.241. The van der Waals surface area contributed by atoms with E-state index >= 15 is 0 Å². The quantitative estimate of drug-likeness (QED) is 0.138. The van der Waals surface area contributed by atoms with Crippen molar-refractivity contribution in [1.29, 1.82) is 0 Å². The third-order valence-corrected chi connectivity index (χ3v) is 4.82. The second-order valence-corrected chi connectivity index (χ2v) is 7.46. The van der Waals surface area contributed by atoms with E-state index in [4.69, 9.17) is 0 Å². The summed E-state index contributed by atoms with van der Waals surface area (Å²) < 4.78 is 57.8. The molecule has 0 radical (unpaired) electrons. The molecule has 0 aromatic rings. The van der Waals surface area contributed by atoms with E-state index in [9.17, 15) is 17.6 Å². The van der Waals surface area contributed by atoms with E-state index in [1.165, 1.54) is 12.2 Å². The maximum absolute atomic E-state index is 14.6. The van der Waals surface area contributed by atoms with Crippen molar-refractivity contribution in [2.45, 2.75) is 46.5 Å². The van der Waals surface area contributed by atoms with Crippen LogP contribution in [0.2, 0.25) is 0 Å². The van der Waals surface area contributed by atoms with Crippen LogP contribution in [0.1, 0.15) is 46.5 Å². The van der Waals surface area contributed by atoms with Gasteiger partial charge in [-0.2, -0.15) is 0 Å². The van der Waals surface area contributed by atoms with Crippen LogP contribution in [0, 0.1) is 0 Å². The normalized spacial score (nSPS) is 13.6. The highest BCUT2D eigenvalue weighted by Crippen LogP contribution is 2.31. The number of unbranched alkanes of at least 4 members (excludes halogenated alkanes) is 1. The van der Waals surface area contributed by atoms with Crippen molar-refractivity contribution >= 4 is 0 Å². The van der Waals surface area contributed by atoms with Gasteiger partial charge in [0.2, 0.25) is 0 Å². The molecule has 0 aliphatic heterocycles. The molecule has 0 aliphatic carbocycles. The summed E-state index contributed by atoms with van der Waals surface area (Å²) in [5.41, 5.74) is -0.0697. The number of halogens is 4. The Bertz CT molecular complexity index is 975. The smallest absolute Gasteiger partial charge is 0.166 e. The molecule has 0 aromatic heterocycles. The van der Waals surface area contributed by atoms with E-state index in [2.05, 4.69) is 39.5 Å². The lowest BCUT2D eigenvalue weighted by molar-refractivity contribution is 0.552. The standard InChI is InChI=1S/C29H34F4/c1-10-12-14-16-22(6)26(30)27(31)24(8)20(4)17-18-21(5)25(9)29(33)28(32)23(7)19(3)15-13-11-2/h10,12,15,17-18H,4-9,11,13-14,16H2,1-3H3/b12-10+,18-17-,19-15+,27-26-,29-28-. The van der Waals surface area contributed by atoms with E-state index in [0.29, 0.717) is 12.0 Å². The molecule has 33 heavy (non-hydrogen) atoms. The highest BCUT2D eigenvalue weighted by Gasteiger charge is 2.17. The molecule has 0 aromatic carbocycles. The van der Waals surface area contributed by atoms with E-state index in [-0.39, 0.29) is 39.9 Å². The summed E-state index contributed by atoms with van der Waals surface area (Å²) in [6.45, 7) is 26.9. The first-order chi connectivity index (χ1) is 15.4. The van der Waals surface area contributed by atoms with Gasteiger partial charge >= 0.3 is 0 Å². The molecule has 0 rings (SSSR count). The van der Waals surface area contributed by atoms with Gasteiger partial charge in [-0.25, -0.2) is 17.6 Å². The summed E-state index contributed by atoms with van der Waals surface area (Å²) in [6.07, 6.45) is 10.3. The van der Waals surface area contributed by atoms with Gasteiger partial charge in [0.1, 0.15) is 0 Å².